The summed E-state index contributed by atoms with van der Waals surface area (Å²) in [5, 5.41) is 2.62. The van der Waals surface area contributed by atoms with Crippen LogP contribution in [0.1, 0.15) is 53.6 Å². The molecule has 0 radical (unpaired) electrons. The van der Waals surface area contributed by atoms with E-state index >= 15 is 0 Å². The predicted molar refractivity (Wildman–Crippen MR) is 98.2 cm³/mol. The lowest BCUT2D eigenvalue weighted by atomic mass is 9.79. The van der Waals surface area contributed by atoms with Gasteiger partial charge in [0.15, 0.2) is 0 Å². The van der Waals surface area contributed by atoms with Gasteiger partial charge in [0.2, 0.25) is 11.8 Å². The van der Waals surface area contributed by atoms with E-state index in [1.807, 2.05) is 0 Å². The smallest absolute Gasteiger partial charge is 0.369 e. The van der Waals surface area contributed by atoms with Crippen LogP contribution >= 0.6 is 0 Å². The number of rotatable bonds is 4. The van der Waals surface area contributed by atoms with E-state index in [4.69, 9.17) is 5.73 Å². The van der Waals surface area contributed by atoms with Gasteiger partial charge in [-0.2, -0.15) is 13.2 Å². The number of hydrogen-bond donors (Lipinski definition) is 2. The highest BCUT2D eigenvalue weighted by molar-refractivity contribution is 6.01. The van der Waals surface area contributed by atoms with Crippen LogP contribution in [0.15, 0.2) is 6.20 Å². The number of carbonyl (C=O) groups excluding carboxylic acids is 2. The molecule has 1 saturated carbocycles. The molecule has 0 aromatic carbocycles. The summed E-state index contributed by atoms with van der Waals surface area (Å²) in [5.41, 5.74) is 3.55. The first kappa shape index (κ1) is 22.2. The molecular weight excluding hydrogens is 411 g/mol. The Bertz CT molecular complexity index is 837. The second-order valence-electron chi connectivity index (χ2n) is 7.93. The minimum absolute atomic E-state index is 0.0403. The Morgan fingerprint density at radius 1 is 1.23 bits per heavy atom. The molecule has 0 unspecified atom stereocenters. The van der Waals surface area contributed by atoms with Gasteiger partial charge in [-0.15, -0.1) is 0 Å². The number of aromatic nitrogens is 1. The van der Waals surface area contributed by atoms with Gasteiger partial charge in [-0.1, -0.05) is 0 Å². The Labute approximate surface area is 170 Å². The highest BCUT2D eigenvalue weighted by atomic mass is 19.4. The fourth-order valence-electron chi connectivity index (χ4n) is 3.89. The molecule has 1 aliphatic heterocycles. The number of pyridine rings is 1. The molecule has 0 spiro atoms. The molecule has 166 valence electrons. The van der Waals surface area contributed by atoms with Gasteiger partial charge in [-0.3, -0.25) is 9.59 Å². The van der Waals surface area contributed by atoms with E-state index in [1.165, 1.54) is 11.8 Å². The summed E-state index contributed by atoms with van der Waals surface area (Å²) in [7, 11) is 0. The second-order valence-corrected chi connectivity index (χ2v) is 7.93. The van der Waals surface area contributed by atoms with Crippen LogP contribution in [0.5, 0.6) is 0 Å². The molecule has 30 heavy (non-hydrogen) atoms. The highest BCUT2D eigenvalue weighted by Gasteiger charge is 2.39. The first-order chi connectivity index (χ1) is 13.9. The van der Waals surface area contributed by atoms with Crippen molar-refractivity contribution in [1.82, 2.24) is 10.3 Å². The maximum absolute atomic E-state index is 13.7. The van der Waals surface area contributed by atoms with E-state index in [0.717, 1.165) is 0 Å². The normalized spacial score (nSPS) is 24.0. The van der Waals surface area contributed by atoms with Crippen LogP contribution in [0.4, 0.5) is 27.8 Å². The van der Waals surface area contributed by atoms with E-state index in [2.05, 4.69) is 10.3 Å². The molecule has 2 amide bonds. The van der Waals surface area contributed by atoms with Crippen molar-refractivity contribution in [3.05, 3.63) is 22.9 Å². The predicted octanol–water partition coefficient (Wildman–Crippen LogP) is 3.03. The van der Waals surface area contributed by atoms with Gasteiger partial charge in [0.05, 0.1) is 11.1 Å². The lowest BCUT2D eigenvalue weighted by molar-refractivity contribution is -0.138. The van der Waals surface area contributed by atoms with Gasteiger partial charge in [0.1, 0.15) is 5.82 Å². The molecule has 11 heteroatoms. The number of nitrogens with two attached hydrogens (primary N) is 1. The zero-order valence-corrected chi connectivity index (χ0v) is 16.4. The molecule has 1 aliphatic carbocycles. The summed E-state index contributed by atoms with van der Waals surface area (Å²) in [6, 6.07) is -0.398. The molecule has 2 aliphatic rings. The molecule has 1 aromatic rings. The van der Waals surface area contributed by atoms with Crippen molar-refractivity contribution in [2.24, 2.45) is 11.7 Å². The van der Waals surface area contributed by atoms with Gasteiger partial charge >= 0.3 is 6.18 Å². The van der Waals surface area contributed by atoms with Crippen LogP contribution in [0.2, 0.25) is 0 Å². The maximum Gasteiger partial charge on any atom is 0.418 e. The number of primary amides is 1. The van der Waals surface area contributed by atoms with Crippen molar-refractivity contribution < 1.29 is 31.5 Å². The lowest BCUT2D eigenvalue weighted by Gasteiger charge is -2.34. The molecule has 0 bridgehead atoms. The monoisotopic (exact) mass is 434 g/mol. The van der Waals surface area contributed by atoms with Crippen LogP contribution in [0, 0.1) is 12.8 Å². The maximum atomic E-state index is 13.7. The van der Waals surface area contributed by atoms with Crippen LogP contribution < -0.4 is 16.0 Å². The number of carbonyl (C=O) groups is 2. The largest absolute Gasteiger partial charge is 0.418 e. The number of hydrogen-bond acceptors (Lipinski definition) is 4. The average Bonchev–Trinajstić information content (AvgIpc) is 2.76. The zero-order valence-electron chi connectivity index (χ0n) is 16.4. The quantitative estimate of drug-likeness (QED) is 0.713. The first-order valence-electron chi connectivity index (χ1n) is 9.69. The standard InChI is InChI=1S/C19H23F5N4O2/c1-10-13(19(22,23)24)9-26-16(28-5-2-3-18(20,21)4-6-28)14(10)17(30)27-12-7-11(8-12)15(25)29/h9,11-12H,2-8H2,1H3,(H2,25,29)(H,27,30)/t11-,12-. The number of nitrogens with one attached hydrogen (secondary N) is 1. The van der Waals surface area contributed by atoms with E-state index in [9.17, 15) is 31.5 Å². The molecular formula is C19H23F5N4O2. The van der Waals surface area contributed by atoms with Crippen molar-refractivity contribution in [3.63, 3.8) is 0 Å². The van der Waals surface area contributed by atoms with Crippen molar-refractivity contribution in [3.8, 4) is 0 Å². The number of nitrogens with zero attached hydrogens (tertiary/aromatic N) is 2. The Kier molecular flexibility index (Phi) is 5.92. The molecule has 2 fully saturated rings. The van der Waals surface area contributed by atoms with Crippen LogP contribution in [-0.4, -0.2) is 41.9 Å². The Hall–Kier alpha value is -2.46. The number of alkyl halides is 5. The molecule has 2 heterocycles. The van der Waals surface area contributed by atoms with Gasteiger partial charge < -0.3 is 16.0 Å². The van der Waals surface area contributed by atoms with Crippen LogP contribution in [0.3, 0.4) is 0 Å². The van der Waals surface area contributed by atoms with E-state index < -0.39 is 41.9 Å². The highest BCUT2D eigenvalue weighted by Crippen LogP contribution is 2.37. The summed E-state index contributed by atoms with van der Waals surface area (Å²) >= 11 is 0. The molecule has 1 aromatic heterocycles. The third kappa shape index (κ3) is 4.65. The van der Waals surface area contributed by atoms with Crippen molar-refractivity contribution >= 4 is 17.6 Å². The SMILES string of the molecule is Cc1c(C(F)(F)F)cnc(N2CCCC(F)(F)CC2)c1C(=O)N[C@H]1C[C@H](C(N)=O)C1. The fourth-order valence-corrected chi connectivity index (χ4v) is 3.89. The van der Waals surface area contributed by atoms with Crippen molar-refractivity contribution in [1.29, 1.82) is 0 Å². The van der Waals surface area contributed by atoms with Gasteiger partial charge in [-0.25, -0.2) is 13.8 Å². The Balaban J connectivity index is 1.92. The first-order valence-corrected chi connectivity index (χ1v) is 9.69. The number of halogens is 5. The number of amides is 2. The molecule has 1 saturated heterocycles. The van der Waals surface area contributed by atoms with Gasteiger partial charge in [0.25, 0.3) is 5.91 Å². The van der Waals surface area contributed by atoms with Crippen LogP contribution in [0.25, 0.3) is 0 Å². The second kappa shape index (κ2) is 7.99. The number of anilines is 1. The third-order valence-corrected chi connectivity index (χ3v) is 5.74. The van der Waals surface area contributed by atoms with Gasteiger partial charge in [-0.05, 0) is 31.7 Å². The summed E-state index contributed by atoms with van der Waals surface area (Å²) in [4.78, 5) is 29.3. The van der Waals surface area contributed by atoms with Crippen molar-refractivity contribution in [2.75, 3.05) is 18.0 Å². The van der Waals surface area contributed by atoms with E-state index in [-0.39, 0.29) is 48.8 Å². The zero-order chi connectivity index (χ0) is 22.3. The van der Waals surface area contributed by atoms with Gasteiger partial charge in [0, 0.05) is 44.1 Å². The topological polar surface area (TPSA) is 88.3 Å². The molecule has 3 rings (SSSR count). The Morgan fingerprint density at radius 2 is 1.90 bits per heavy atom. The Morgan fingerprint density at radius 3 is 2.50 bits per heavy atom. The summed E-state index contributed by atoms with van der Waals surface area (Å²) in [6.45, 7) is 1.20. The van der Waals surface area contributed by atoms with Crippen LogP contribution in [-0.2, 0) is 11.0 Å². The lowest BCUT2D eigenvalue weighted by Crippen LogP contribution is -2.48. The molecule has 0 atom stereocenters. The summed E-state index contributed by atoms with van der Waals surface area (Å²) in [6.07, 6.45) is -4.16. The van der Waals surface area contributed by atoms with E-state index in [1.54, 1.807) is 0 Å². The fraction of sp³-hybridized carbons (Fsp3) is 0.632. The molecule has 3 N–H and O–H groups in total. The molecule has 6 nitrogen and oxygen atoms in total. The minimum atomic E-state index is -4.72. The third-order valence-electron chi connectivity index (χ3n) is 5.74. The summed E-state index contributed by atoms with van der Waals surface area (Å²) < 4.78 is 67.6. The van der Waals surface area contributed by atoms with Crippen molar-refractivity contribution in [2.45, 2.75) is 57.2 Å². The summed E-state index contributed by atoms with van der Waals surface area (Å²) in [5.74, 6) is -4.56. The average molecular weight is 434 g/mol. The van der Waals surface area contributed by atoms with E-state index in [0.29, 0.717) is 19.0 Å². The minimum Gasteiger partial charge on any atom is -0.369 e.